The molecule has 0 aliphatic carbocycles. The Balaban J connectivity index is 2.21. The molecule has 90 valence electrons. The second kappa shape index (κ2) is 4.17. The molecule has 1 heterocycles. The monoisotopic (exact) mass is 254 g/mol. The van der Waals surface area contributed by atoms with Crippen LogP contribution in [0.5, 0.6) is 0 Å². The quantitative estimate of drug-likeness (QED) is 0.649. The van der Waals surface area contributed by atoms with Gasteiger partial charge in [-0.15, -0.1) is 0 Å². The Morgan fingerprint density at radius 3 is 2.65 bits per heavy atom. The van der Waals surface area contributed by atoms with Crippen molar-refractivity contribution in [3.05, 3.63) is 45.9 Å². The molecule has 7 heteroatoms. The van der Waals surface area contributed by atoms with E-state index in [9.17, 15) is 18.5 Å². The van der Waals surface area contributed by atoms with Gasteiger partial charge in [0.25, 0.3) is 5.69 Å². The smallest absolute Gasteiger partial charge is 0.292 e. The first-order valence-electron chi connectivity index (χ1n) is 4.89. The lowest BCUT2D eigenvalue weighted by Crippen LogP contribution is -2.21. The topological polar surface area (TPSA) is 89.3 Å². The van der Waals surface area contributed by atoms with Crippen molar-refractivity contribution in [1.29, 1.82) is 0 Å². The fraction of sp³-hybridized carbons (Fsp3) is 0.200. The van der Waals surface area contributed by atoms with Gasteiger partial charge in [0.2, 0.25) is 0 Å². The van der Waals surface area contributed by atoms with E-state index in [-0.39, 0.29) is 11.4 Å². The molecule has 1 unspecified atom stereocenters. The second-order valence-electron chi connectivity index (χ2n) is 3.68. The molecule has 1 aliphatic heterocycles. The lowest BCUT2D eigenvalue weighted by molar-refractivity contribution is -0.384. The van der Waals surface area contributed by atoms with E-state index in [0.717, 1.165) is 5.41 Å². The molecule has 1 aromatic carbocycles. The number of hydrogen-bond acceptors (Lipinski definition) is 5. The molecule has 6 nitrogen and oxygen atoms in total. The standard InChI is InChI=1S/C10H10N2O4S/c13-12(14)10-4-2-1-3-9(10)11-8-5-6-17(15,16)7-8/h1-6,8,11H,7H2. The highest BCUT2D eigenvalue weighted by molar-refractivity contribution is 7.94. The van der Waals surface area contributed by atoms with Gasteiger partial charge in [-0.05, 0) is 6.07 Å². The number of nitrogens with zero attached hydrogens (tertiary/aromatic N) is 1. The van der Waals surface area contributed by atoms with Gasteiger partial charge in [-0.2, -0.15) is 0 Å². The van der Waals surface area contributed by atoms with E-state index < -0.39 is 20.8 Å². The molecule has 0 amide bonds. The van der Waals surface area contributed by atoms with Gasteiger partial charge in [0.15, 0.2) is 9.84 Å². The van der Waals surface area contributed by atoms with Crippen LogP contribution in [0.15, 0.2) is 35.7 Å². The van der Waals surface area contributed by atoms with Gasteiger partial charge in [0.1, 0.15) is 5.69 Å². The Morgan fingerprint density at radius 2 is 2.06 bits per heavy atom. The fourth-order valence-corrected chi connectivity index (χ4v) is 2.86. The lowest BCUT2D eigenvalue weighted by Gasteiger charge is -2.11. The summed E-state index contributed by atoms with van der Waals surface area (Å²) in [7, 11) is -3.16. The number of anilines is 1. The molecule has 0 aromatic heterocycles. The molecule has 0 saturated carbocycles. The molecule has 0 bridgehead atoms. The van der Waals surface area contributed by atoms with Crippen molar-refractivity contribution in [2.75, 3.05) is 11.1 Å². The molecule has 1 atom stereocenters. The van der Waals surface area contributed by atoms with E-state index in [0.29, 0.717) is 5.69 Å². The molecule has 17 heavy (non-hydrogen) atoms. The summed E-state index contributed by atoms with van der Waals surface area (Å²) in [5.74, 6) is -0.0704. The molecule has 2 rings (SSSR count). The van der Waals surface area contributed by atoms with Crippen LogP contribution in [0.3, 0.4) is 0 Å². The highest BCUT2D eigenvalue weighted by Gasteiger charge is 2.23. The van der Waals surface area contributed by atoms with Gasteiger partial charge >= 0.3 is 0 Å². The number of hydrogen-bond donors (Lipinski definition) is 1. The molecular formula is C10H10N2O4S. The van der Waals surface area contributed by atoms with Crippen LogP contribution >= 0.6 is 0 Å². The summed E-state index contributed by atoms with van der Waals surface area (Å²) >= 11 is 0. The van der Waals surface area contributed by atoms with Gasteiger partial charge in [-0.3, -0.25) is 10.1 Å². The third-order valence-electron chi connectivity index (χ3n) is 2.37. The number of nitrogens with one attached hydrogen (secondary N) is 1. The van der Waals surface area contributed by atoms with Gasteiger partial charge < -0.3 is 5.32 Å². The van der Waals surface area contributed by atoms with Crippen LogP contribution < -0.4 is 5.32 Å². The molecule has 1 aliphatic rings. The zero-order chi connectivity index (χ0) is 12.5. The maximum atomic E-state index is 11.2. The third kappa shape index (κ3) is 2.62. The predicted octanol–water partition coefficient (Wildman–Crippen LogP) is 1.32. The minimum atomic E-state index is -3.16. The largest absolute Gasteiger partial charge is 0.372 e. The third-order valence-corrected chi connectivity index (χ3v) is 3.77. The number of nitro groups is 1. The van der Waals surface area contributed by atoms with E-state index in [1.54, 1.807) is 18.2 Å². The highest BCUT2D eigenvalue weighted by Crippen LogP contribution is 2.25. The van der Waals surface area contributed by atoms with Crippen LogP contribution in [-0.2, 0) is 9.84 Å². The number of benzene rings is 1. The Morgan fingerprint density at radius 1 is 1.35 bits per heavy atom. The average molecular weight is 254 g/mol. The molecule has 1 aromatic rings. The Bertz CT molecular complexity index is 580. The second-order valence-corrected chi connectivity index (χ2v) is 5.61. The van der Waals surface area contributed by atoms with Crippen molar-refractivity contribution in [1.82, 2.24) is 0 Å². The fourth-order valence-electron chi connectivity index (χ4n) is 1.62. The Kier molecular flexibility index (Phi) is 2.84. The summed E-state index contributed by atoms with van der Waals surface area (Å²) < 4.78 is 22.4. The van der Waals surface area contributed by atoms with Gasteiger partial charge in [0, 0.05) is 11.5 Å². The lowest BCUT2D eigenvalue weighted by atomic mass is 10.2. The van der Waals surface area contributed by atoms with Gasteiger partial charge in [-0.1, -0.05) is 18.2 Å². The van der Waals surface area contributed by atoms with E-state index in [4.69, 9.17) is 0 Å². The summed E-state index contributed by atoms with van der Waals surface area (Å²) in [6.45, 7) is 0. The number of rotatable bonds is 3. The summed E-state index contributed by atoms with van der Waals surface area (Å²) in [5.41, 5.74) is 0.259. The van der Waals surface area contributed by atoms with Crippen LogP contribution in [0.2, 0.25) is 0 Å². The summed E-state index contributed by atoms with van der Waals surface area (Å²) in [6, 6.07) is 5.72. The van der Waals surface area contributed by atoms with Crippen molar-refractivity contribution in [2.45, 2.75) is 6.04 Å². The number of para-hydroxylation sites is 2. The minimum Gasteiger partial charge on any atom is -0.372 e. The predicted molar refractivity (Wildman–Crippen MR) is 63.4 cm³/mol. The summed E-state index contributed by atoms with van der Waals surface area (Å²) in [4.78, 5) is 10.2. The number of sulfone groups is 1. The zero-order valence-corrected chi connectivity index (χ0v) is 9.55. The maximum Gasteiger partial charge on any atom is 0.292 e. The van der Waals surface area contributed by atoms with Crippen molar-refractivity contribution in [3.8, 4) is 0 Å². The summed E-state index contributed by atoms with van der Waals surface area (Å²) in [5, 5.41) is 14.7. The van der Waals surface area contributed by atoms with E-state index in [1.165, 1.54) is 12.1 Å². The molecule has 0 radical (unpaired) electrons. The number of nitro benzene ring substituents is 1. The Hall–Kier alpha value is -1.89. The van der Waals surface area contributed by atoms with Gasteiger partial charge in [-0.25, -0.2) is 8.42 Å². The SMILES string of the molecule is O=[N+]([O-])c1ccccc1NC1C=CS(=O)(=O)C1. The maximum absolute atomic E-state index is 11.2. The van der Waals surface area contributed by atoms with Crippen molar-refractivity contribution < 1.29 is 13.3 Å². The highest BCUT2D eigenvalue weighted by atomic mass is 32.2. The minimum absolute atomic E-state index is 0.0646. The van der Waals surface area contributed by atoms with Crippen LogP contribution in [-0.4, -0.2) is 25.1 Å². The van der Waals surface area contributed by atoms with Crippen LogP contribution in [0, 0.1) is 10.1 Å². The van der Waals surface area contributed by atoms with E-state index >= 15 is 0 Å². The molecule has 0 spiro atoms. The zero-order valence-electron chi connectivity index (χ0n) is 8.74. The summed E-state index contributed by atoms with van der Waals surface area (Å²) in [6.07, 6.45) is 1.49. The molecular weight excluding hydrogens is 244 g/mol. The molecule has 1 N–H and O–H groups in total. The van der Waals surface area contributed by atoms with Crippen LogP contribution in [0.1, 0.15) is 0 Å². The first kappa shape index (κ1) is 11.6. The van der Waals surface area contributed by atoms with E-state index in [2.05, 4.69) is 5.32 Å². The first-order valence-corrected chi connectivity index (χ1v) is 6.60. The van der Waals surface area contributed by atoms with E-state index in [1.807, 2.05) is 0 Å². The Labute approximate surface area is 98.0 Å². The van der Waals surface area contributed by atoms with Crippen molar-refractivity contribution in [3.63, 3.8) is 0 Å². The van der Waals surface area contributed by atoms with Crippen molar-refractivity contribution in [2.24, 2.45) is 0 Å². The first-order chi connectivity index (χ1) is 7.98. The van der Waals surface area contributed by atoms with Gasteiger partial charge in [0.05, 0.1) is 16.7 Å². The van der Waals surface area contributed by atoms with Crippen LogP contribution in [0.4, 0.5) is 11.4 Å². The molecule has 0 fully saturated rings. The van der Waals surface area contributed by atoms with Crippen LogP contribution in [0.25, 0.3) is 0 Å². The normalized spacial score (nSPS) is 21.3. The molecule has 0 saturated heterocycles. The average Bonchev–Trinajstić information content (AvgIpc) is 2.58. The van der Waals surface area contributed by atoms with Crippen molar-refractivity contribution >= 4 is 21.2 Å².